The highest BCUT2D eigenvalue weighted by atomic mass is 35.5. The number of benzene rings is 2. The Bertz CT molecular complexity index is 994. The van der Waals surface area contributed by atoms with E-state index in [0.717, 1.165) is 11.3 Å². The van der Waals surface area contributed by atoms with Crippen LogP contribution >= 0.6 is 35.0 Å². The molecular weight excluding hydrogens is 403 g/mol. The van der Waals surface area contributed by atoms with Crippen LogP contribution in [0.5, 0.6) is 5.88 Å². The number of anilines is 1. The molecule has 136 valence electrons. The highest BCUT2D eigenvalue weighted by Gasteiger charge is 2.28. The Labute approximate surface area is 170 Å². The van der Waals surface area contributed by atoms with Crippen molar-refractivity contribution in [3.8, 4) is 17.1 Å². The second kappa shape index (κ2) is 7.76. The molecule has 1 aliphatic heterocycles. The zero-order valence-electron chi connectivity index (χ0n) is 14.0. The summed E-state index contributed by atoms with van der Waals surface area (Å²) in [4.78, 5) is 4.54. The van der Waals surface area contributed by atoms with Gasteiger partial charge in [0, 0.05) is 17.0 Å². The van der Waals surface area contributed by atoms with Crippen molar-refractivity contribution >= 4 is 40.7 Å². The van der Waals surface area contributed by atoms with Gasteiger partial charge in [-0.25, -0.2) is 0 Å². The molecule has 0 bridgehead atoms. The van der Waals surface area contributed by atoms with E-state index in [1.54, 1.807) is 24.3 Å². The van der Waals surface area contributed by atoms with E-state index in [1.807, 2.05) is 24.3 Å². The van der Waals surface area contributed by atoms with Crippen molar-refractivity contribution in [2.75, 3.05) is 11.1 Å². The van der Waals surface area contributed by atoms with Crippen LogP contribution in [0.2, 0.25) is 10.0 Å². The zero-order valence-corrected chi connectivity index (χ0v) is 16.4. The maximum Gasteiger partial charge on any atom is 0.247 e. The summed E-state index contributed by atoms with van der Waals surface area (Å²) in [5.74, 6) is 1.05. The van der Waals surface area contributed by atoms with Crippen LogP contribution in [-0.4, -0.2) is 20.9 Å². The first-order chi connectivity index (χ1) is 13.2. The number of para-hydroxylation sites is 1. The van der Waals surface area contributed by atoms with E-state index in [-0.39, 0.29) is 0 Å². The van der Waals surface area contributed by atoms with Crippen LogP contribution in [0.15, 0.2) is 60.3 Å². The summed E-state index contributed by atoms with van der Waals surface area (Å²) in [7, 11) is 0. The number of hydrogen-bond acceptors (Lipinski definition) is 6. The number of fused-ring (bicyclic) bond motifs is 3. The summed E-state index contributed by atoms with van der Waals surface area (Å²) in [6.07, 6.45) is 1.16. The van der Waals surface area contributed by atoms with E-state index in [2.05, 4.69) is 27.1 Å². The Balaban J connectivity index is 1.85. The van der Waals surface area contributed by atoms with Crippen LogP contribution in [0.25, 0.3) is 11.3 Å². The molecule has 1 N–H and O–H groups in total. The summed E-state index contributed by atoms with van der Waals surface area (Å²) >= 11 is 14.2. The highest BCUT2D eigenvalue weighted by Crippen LogP contribution is 2.42. The lowest BCUT2D eigenvalue weighted by molar-refractivity contribution is 0.225. The predicted molar refractivity (Wildman–Crippen MR) is 110 cm³/mol. The minimum absolute atomic E-state index is 0.370. The lowest BCUT2D eigenvalue weighted by Gasteiger charge is -2.21. The predicted octanol–water partition coefficient (Wildman–Crippen LogP) is 5.63. The van der Waals surface area contributed by atoms with Crippen LogP contribution < -0.4 is 10.1 Å². The van der Waals surface area contributed by atoms with E-state index in [9.17, 15) is 0 Å². The number of nitrogens with zero attached hydrogens (tertiary/aromatic N) is 3. The van der Waals surface area contributed by atoms with Gasteiger partial charge in [0.1, 0.15) is 0 Å². The van der Waals surface area contributed by atoms with E-state index >= 15 is 0 Å². The van der Waals surface area contributed by atoms with E-state index in [0.29, 0.717) is 38.1 Å². The fourth-order valence-electron chi connectivity index (χ4n) is 2.73. The van der Waals surface area contributed by atoms with Gasteiger partial charge in [-0.15, -0.1) is 16.8 Å². The second-order valence-electron chi connectivity index (χ2n) is 5.67. The molecule has 0 saturated carbocycles. The summed E-state index contributed by atoms with van der Waals surface area (Å²) in [5, 5.41) is 13.4. The number of hydrogen-bond donors (Lipinski definition) is 1. The van der Waals surface area contributed by atoms with Crippen molar-refractivity contribution in [2.24, 2.45) is 0 Å². The lowest BCUT2D eigenvalue weighted by atomic mass is 10.1. The number of halogens is 2. The molecule has 0 fully saturated rings. The smallest absolute Gasteiger partial charge is 0.247 e. The fraction of sp³-hybridized carbons (Fsp3) is 0.105. The largest absolute Gasteiger partial charge is 0.448 e. The molecule has 4 rings (SSSR count). The number of thioether (sulfide) groups is 1. The monoisotopic (exact) mass is 416 g/mol. The molecule has 0 saturated heterocycles. The standard InChI is InChI=1S/C19H14Cl2N4OS/c1-2-10-27-19-23-18-16(24-25-19)11-6-3-4-9-14(11)22-17(26-18)15-12(20)7-5-8-13(15)21/h2-9,17,22H,1,10H2/t17-/m0/s1. The Morgan fingerprint density at radius 3 is 2.67 bits per heavy atom. The quantitative estimate of drug-likeness (QED) is 0.439. The first-order valence-corrected chi connectivity index (χ1v) is 9.86. The molecule has 27 heavy (non-hydrogen) atoms. The van der Waals surface area contributed by atoms with Crippen LogP contribution in [0.1, 0.15) is 11.8 Å². The molecule has 0 aliphatic carbocycles. The van der Waals surface area contributed by atoms with Crippen LogP contribution in [0.4, 0.5) is 5.69 Å². The van der Waals surface area contributed by atoms with Crippen molar-refractivity contribution in [3.05, 3.63) is 70.7 Å². The number of ether oxygens (including phenoxy) is 1. The average Bonchev–Trinajstić information content (AvgIpc) is 2.82. The second-order valence-corrected chi connectivity index (χ2v) is 7.47. The summed E-state index contributed by atoms with van der Waals surface area (Å²) < 4.78 is 6.17. The first kappa shape index (κ1) is 18.1. The van der Waals surface area contributed by atoms with Crippen molar-refractivity contribution in [2.45, 2.75) is 11.4 Å². The lowest BCUT2D eigenvalue weighted by Crippen LogP contribution is -2.18. The van der Waals surface area contributed by atoms with Gasteiger partial charge in [-0.1, -0.05) is 65.3 Å². The van der Waals surface area contributed by atoms with Gasteiger partial charge in [0.25, 0.3) is 0 Å². The fourth-order valence-corrected chi connectivity index (χ4v) is 3.84. The van der Waals surface area contributed by atoms with E-state index < -0.39 is 6.23 Å². The van der Waals surface area contributed by atoms with Crippen LogP contribution in [-0.2, 0) is 0 Å². The first-order valence-electron chi connectivity index (χ1n) is 8.12. The number of rotatable bonds is 4. The molecule has 0 radical (unpaired) electrons. The minimum atomic E-state index is -0.623. The van der Waals surface area contributed by atoms with Gasteiger partial charge in [-0.3, -0.25) is 0 Å². The van der Waals surface area contributed by atoms with Crippen molar-refractivity contribution < 1.29 is 4.74 Å². The van der Waals surface area contributed by atoms with Gasteiger partial charge in [0.15, 0.2) is 5.69 Å². The number of nitrogens with one attached hydrogen (secondary N) is 1. The van der Waals surface area contributed by atoms with Gasteiger partial charge in [-0.2, -0.15) is 4.98 Å². The molecule has 1 aromatic heterocycles. The van der Waals surface area contributed by atoms with Gasteiger partial charge in [-0.05, 0) is 18.2 Å². The molecule has 1 aliphatic rings. The molecular formula is C19H14Cl2N4OS. The third-order valence-electron chi connectivity index (χ3n) is 3.93. The molecule has 1 atom stereocenters. The molecule has 8 heteroatoms. The SMILES string of the molecule is C=CCSc1nnc2c(n1)O[C@@H](c1c(Cl)cccc1Cl)Nc1ccccc1-2. The summed E-state index contributed by atoms with van der Waals surface area (Å²) in [6.45, 7) is 3.71. The molecule has 0 spiro atoms. The van der Waals surface area contributed by atoms with Gasteiger partial charge in [0.05, 0.1) is 15.6 Å². The maximum absolute atomic E-state index is 6.40. The maximum atomic E-state index is 6.40. The van der Waals surface area contributed by atoms with Crippen molar-refractivity contribution in [1.82, 2.24) is 15.2 Å². The van der Waals surface area contributed by atoms with Crippen molar-refractivity contribution in [3.63, 3.8) is 0 Å². The van der Waals surface area contributed by atoms with E-state index in [4.69, 9.17) is 27.9 Å². The molecule has 2 aromatic carbocycles. The summed E-state index contributed by atoms with van der Waals surface area (Å²) in [5.41, 5.74) is 2.88. The van der Waals surface area contributed by atoms with Gasteiger partial charge < -0.3 is 10.1 Å². The molecule has 5 nitrogen and oxygen atoms in total. The summed E-state index contributed by atoms with van der Waals surface area (Å²) in [6, 6.07) is 13.1. The minimum Gasteiger partial charge on any atom is -0.448 e. The van der Waals surface area contributed by atoms with Crippen LogP contribution in [0.3, 0.4) is 0 Å². The molecule has 2 heterocycles. The van der Waals surface area contributed by atoms with Gasteiger partial charge >= 0.3 is 0 Å². The number of aromatic nitrogens is 3. The Kier molecular flexibility index (Phi) is 5.20. The average molecular weight is 417 g/mol. The van der Waals surface area contributed by atoms with Crippen LogP contribution in [0, 0.1) is 0 Å². The molecule has 0 unspecified atom stereocenters. The third kappa shape index (κ3) is 3.60. The molecule has 0 amide bonds. The normalized spacial score (nSPS) is 15.0. The van der Waals surface area contributed by atoms with Crippen molar-refractivity contribution in [1.29, 1.82) is 0 Å². The highest BCUT2D eigenvalue weighted by molar-refractivity contribution is 7.99. The topological polar surface area (TPSA) is 59.9 Å². The zero-order chi connectivity index (χ0) is 18.8. The van der Waals surface area contributed by atoms with Gasteiger partial charge in [0.2, 0.25) is 17.3 Å². The Hall–Kier alpha value is -2.28. The van der Waals surface area contributed by atoms with E-state index in [1.165, 1.54) is 11.8 Å². The Morgan fingerprint density at radius 1 is 1.11 bits per heavy atom. The molecule has 3 aromatic rings. The third-order valence-corrected chi connectivity index (χ3v) is 5.42. The Morgan fingerprint density at radius 2 is 1.89 bits per heavy atom.